The third-order valence-corrected chi connectivity index (χ3v) is 4.20. The van der Waals surface area contributed by atoms with Gasteiger partial charge in [-0.2, -0.15) is 0 Å². The van der Waals surface area contributed by atoms with E-state index in [4.69, 9.17) is 4.74 Å². The van der Waals surface area contributed by atoms with E-state index in [-0.39, 0.29) is 24.9 Å². The lowest BCUT2D eigenvalue weighted by atomic mass is 10.1. The molecule has 0 bridgehead atoms. The second-order valence-electron chi connectivity index (χ2n) is 5.87. The molecule has 3 rings (SSSR count). The van der Waals surface area contributed by atoms with Crippen LogP contribution in [0.1, 0.15) is 28.7 Å². The molecule has 1 aliphatic rings. The van der Waals surface area contributed by atoms with Gasteiger partial charge in [-0.1, -0.05) is 24.3 Å². The minimum absolute atomic E-state index is 0.0640. The second kappa shape index (κ2) is 6.92. The van der Waals surface area contributed by atoms with E-state index in [1.807, 2.05) is 31.2 Å². The Kier molecular flexibility index (Phi) is 4.69. The Labute approximate surface area is 144 Å². The smallest absolute Gasteiger partial charge is 0.346 e. The van der Waals surface area contributed by atoms with Crippen LogP contribution in [0.15, 0.2) is 29.1 Å². The molecule has 1 amide bonds. The Morgan fingerprint density at radius 1 is 1.24 bits per heavy atom. The molecule has 0 fully saturated rings. The predicted molar refractivity (Wildman–Crippen MR) is 89.0 cm³/mol. The van der Waals surface area contributed by atoms with Crippen LogP contribution in [0.25, 0.3) is 0 Å². The second-order valence-corrected chi connectivity index (χ2v) is 5.87. The number of amides is 1. The summed E-state index contributed by atoms with van der Waals surface area (Å²) in [7, 11) is 0. The summed E-state index contributed by atoms with van der Waals surface area (Å²) in [5.41, 5.74) is 1.69. The minimum atomic E-state index is -0.552. The number of carbonyl (C=O) groups is 2. The zero-order valence-corrected chi connectivity index (χ0v) is 14.3. The van der Waals surface area contributed by atoms with E-state index in [0.717, 1.165) is 15.8 Å². The summed E-state index contributed by atoms with van der Waals surface area (Å²) in [4.78, 5) is 38.2. The molecule has 0 N–H and O–H groups in total. The number of aryl methyl sites for hydroxylation is 1. The highest BCUT2D eigenvalue weighted by molar-refractivity contribution is 5.91. The number of fused-ring (bicyclic) bond motifs is 1. The molecule has 0 saturated heterocycles. The fraction of sp³-hybridized carbons (Fsp3) is 0.412. The van der Waals surface area contributed by atoms with Crippen LogP contribution in [0.2, 0.25) is 0 Å². The molecule has 132 valence electrons. The van der Waals surface area contributed by atoms with Gasteiger partial charge in [0.1, 0.15) is 6.54 Å². The molecule has 0 radical (unpaired) electrons. The maximum absolute atomic E-state index is 12.7. The summed E-state index contributed by atoms with van der Waals surface area (Å²) in [6.07, 6.45) is 0. The molecule has 8 nitrogen and oxygen atoms in total. The topological polar surface area (TPSA) is 86.4 Å². The maximum Gasteiger partial charge on any atom is 0.346 e. The van der Waals surface area contributed by atoms with E-state index in [2.05, 4.69) is 5.10 Å². The van der Waals surface area contributed by atoms with Crippen LogP contribution < -0.4 is 5.69 Å². The van der Waals surface area contributed by atoms with Crippen molar-refractivity contribution in [2.75, 3.05) is 13.2 Å². The van der Waals surface area contributed by atoms with Crippen LogP contribution in [0.4, 0.5) is 0 Å². The summed E-state index contributed by atoms with van der Waals surface area (Å²) < 4.78 is 7.13. The van der Waals surface area contributed by atoms with Crippen molar-refractivity contribution in [3.8, 4) is 0 Å². The maximum atomic E-state index is 12.7. The number of aromatic nitrogens is 3. The Bertz CT molecular complexity index is 868. The van der Waals surface area contributed by atoms with Gasteiger partial charge in [0, 0.05) is 19.6 Å². The van der Waals surface area contributed by atoms with E-state index >= 15 is 0 Å². The summed E-state index contributed by atoms with van der Waals surface area (Å²) in [5.74, 6) is -0.799. The van der Waals surface area contributed by atoms with Crippen LogP contribution in [0, 0.1) is 6.92 Å². The van der Waals surface area contributed by atoms with Gasteiger partial charge in [-0.3, -0.25) is 14.2 Å². The largest absolute Gasteiger partial charge is 0.465 e. The first-order valence-electron chi connectivity index (χ1n) is 8.18. The highest BCUT2D eigenvalue weighted by atomic mass is 16.5. The van der Waals surface area contributed by atoms with Crippen molar-refractivity contribution in [3.63, 3.8) is 0 Å². The molecule has 0 unspecified atom stereocenters. The first-order valence-corrected chi connectivity index (χ1v) is 8.18. The lowest BCUT2D eigenvalue weighted by Gasteiger charge is -2.27. The van der Waals surface area contributed by atoms with Gasteiger partial charge >= 0.3 is 11.7 Å². The number of hydrogen-bond acceptors (Lipinski definition) is 5. The molecule has 25 heavy (non-hydrogen) atoms. The molecule has 0 aliphatic carbocycles. The molecule has 2 aromatic rings. The fourth-order valence-corrected chi connectivity index (χ4v) is 2.84. The van der Waals surface area contributed by atoms with Crippen molar-refractivity contribution in [2.24, 2.45) is 0 Å². The van der Waals surface area contributed by atoms with Crippen molar-refractivity contribution in [1.82, 2.24) is 19.2 Å². The van der Waals surface area contributed by atoms with Crippen molar-refractivity contribution in [2.45, 2.75) is 33.5 Å². The lowest BCUT2D eigenvalue weighted by Crippen LogP contribution is -2.42. The first kappa shape index (κ1) is 16.9. The van der Waals surface area contributed by atoms with Crippen LogP contribution in [0.3, 0.4) is 0 Å². The molecular formula is C17H20N4O4. The molecule has 1 aliphatic heterocycles. The molecule has 0 atom stereocenters. The number of esters is 1. The van der Waals surface area contributed by atoms with Crippen molar-refractivity contribution < 1.29 is 14.3 Å². The highest BCUT2D eigenvalue weighted by Crippen LogP contribution is 2.15. The van der Waals surface area contributed by atoms with Gasteiger partial charge in [-0.25, -0.2) is 9.48 Å². The van der Waals surface area contributed by atoms with E-state index in [0.29, 0.717) is 19.6 Å². The lowest BCUT2D eigenvalue weighted by molar-refractivity contribution is -0.144. The van der Waals surface area contributed by atoms with Crippen LogP contribution in [0.5, 0.6) is 0 Å². The summed E-state index contributed by atoms with van der Waals surface area (Å²) in [6, 6.07) is 7.85. The fourth-order valence-electron chi connectivity index (χ4n) is 2.84. The Balaban J connectivity index is 1.82. The van der Waals surface area contributed by atoms with E-state index in [9.17, 15) is 14.4 Å². The molecule has 2 heterocycles. The molecular weight excluding hydrogens is 324 g/mol. The third-order valence-electron chi connectivity index (χ3n) is 4.20. The summed E-state index contributed by atoms with van der Waals surface area (Å²) in [6.45, 7) is 4.85. The van der Waals surface area contributed by atoms with Gasteiger partial charge in [0.2, 0.25) is 5.82 Å². The molecule has 8 heteroatoms. The first-order chi connectivity index (χ1) is 12.0. The Hall–Kier alpha value is -2.90. The van der Waals surface area contributed by atoms with Crippen LogP contribution >= 0.6 is 0 Å². The number of nitrogens with zero attached hydrogens (tertiary/aromatic N) is 4. The van der Waals surface area contributed by atoms with Crippen molar-refractivity contribution in [3.05, 3.63) is 51.7 Å². The third kappa shape index (κ3) is 3.33. The zero-order valence-electron chi connectivity index (χ0n) is 14.3. The molecule has 1 aromatic heterocycles. The Morgan fingerprint density at radius 2 is 2.00 bits per heavy atom. The molecule has 0 spiro atoms. The van der Waals surface area contributed by atoms with E-state index < -0.39 is 11.7 Å². The minimum Gasteiger partial charge on any atom is -0.465 e. The van der Waals surface area contributed by atoms with Gasteiger partial charge in [0.15, 0.2) is 0 Å². The average molecular weight is 344 g/mol. The van der Waals surface area contributed by atoms with Crippen LogP contribution in [-0.2, 0) is 29.2 Å². The van der Waals surface area contributed by atoms with Crippen molar-refractivity contribution in [1.29, 1.82) is 0 Å². The number of rotatable bonds is 5. The average Bonchev–Trinajstić information content (AvgIpc) is 2.89. The van der Waals surface area contributed by atoms with E-state index in [1.165, 1.54) is 4.57 Å². The standard InChI is InChI=1S/C17H20N4O4/c1-3-25-14(22)11-21-17(24)20-9-8-19(16(23)15(20)18-21)10-13-7-5-4-6-12(13)2/h4-7H,3,8-11H2,1-2H3. The molecule has 0 saturated carbocycles. The van der Waals surface area contributed by atoms with Gasteiger partial charge in [0.25, 0.3) is 5.91 Å². The highest BCUT2D eigenvalue weighted by Gasteiger charge is 2.30. The summed E-state index contributed by atoms with van der Waals surface area (Å²) in [5, 5.41) is 4.04. The normalized spacial score (nSPS) is 13.7. The zero-order chi connectivity index (χ0) is 18.0. The number of hydrogen-bond donors (Lipinski definition) is 0. The monoisotopic (exact) mass is 344 g/mol. The quantitative estimate of drug-likeness (QED) is 0.740. The number of carbonyl (C=O) groups excluding carboxylic acids is 2. The van der Waals surface area contributed by atoms with Crippen LogP contribution in [-0.4, -0.2) is 44.3 Å². The predicted octanol–water partition coefficient (Wildman–Crippen LogP) is 0.572. The Morgan fingerprint density at radius 3 is 2.72 bits per heavy atom. The summed E-state index contributed by atoms with van der Waals surface area (Å²) >= 11 is 0. The van der Waals surface area contributed by atoms with E-state index in [1.54, 1.807) is 11.8 Å². The number of benzene rings is 1. The SMILES string of the molecule is CCOC(=O)Cn1nc2n(c1=O)CCN(Cc1ccccc1C)C2=O. The van der Waals surface area contributed by atoms with Gasteiger partial charge < -0.3 is 9.64 Å². The van der Waals surface area contributed by atoms with Gasteiger partial charge in [-0.15, -0.1) is 5.10 Å². The van der Waals surface area contributed by atoms with Gasteiger partial charge in [0.05, 0.1) is 6.61 Å². The molecule has 1 aromatic carbocycles. The van der Waals surface area contributed by atoms with Crippen molar-refractivity contribution >= 4 is 11.9 Å². The van der Waals surface area contributed by atoms with Gasteiger partial charge in [-0.05, 0) is 25.0 Å². The number of ether oxygens (including phenoxy) is 1.